The van der Waals surface area contributed by atoms with Crippen molar-refractivity contribution in [3.8, 4) is 5.75 Å². The Morgan fingerprint density at radius 1 is 1.08 bits per heavy atom. The van der Waals surface area contributed by atoms with E-state index in [4.69, 9.17) is 4.74 Å². The molecular weight excluding hydrogens is 328 g/mol. The SMILES string of the molecule is COc1ccc(N2CCC(NC(=O)NCCN3CCCCC3)CC2)cc1. The minimum atomic E-state index is -0.0232. The van der Waals surface area contributed by atoms with Crippen LogP contribution in [0.15, 0.2) is 24.3 Å². The average Bonchev–Trinajstić information content (AvgIpc) is 2.69. The van der Waals surface area contributed by atoms with Gasteiger partial charge in [0.05, 0.1) is 7.11 Å². The Hall–Kier alpha value is -1.95. The highest BCUT2D eigenvalue weighted by Gasteiger charge is 2.21. The normalized spacial score (nSPS) is 19.2. The van der Waals surface area contributed by atoms with E-state index in [0.29, 0.717) is 0 Å². The molecule has 2 N–H and O–H groups in total. The van der Waals surface area contributed by atoms with Crippen molar-refractivity contribution in [3.63, 3.8) is 0 Å². The third-order valence-electron chi connectivity index (χ3n) is 5.43. The molecule has 2 heterocycles. The monoisotopic (exact) mass is 360 g/mol. The fraction of sp³-hybridized carbons (Fsp3) is 0.650. The lowest BCUT2D eigenvalue weighted by molar-refractivity contribution is 0.217. The second-order valence-corrected chi connectivity index (χ2v) is 7.26. The van der Waals surface area contributed by atoms with E-state index in [1.165, 1.54) is 38.0 Å². The number of piperidine rings is 2. The molecule has 0 aliphatic carbocycles. The standard InChI is InChI=1S/C20H32N4O2/c1-26-19-7-5-18(6-8-19)24-14-9-17(10-15-24)22-20(25)21-11-16-23-12-3-2-4-13-23/h5-8,17H,2-4,9-16H2,1H3,(H2,21,22,25). The van der Waals surface area contributed by atoms with E-state index in [2.05, 4.69) is 32.6 Å². The molecule has 0 unspecified atom stereocenters. The van der Waals surface area contributed by atoms with Crippen molar-refractivity contribution in [2.75, 3.05) is 51.3 Å². The van der Waals surface area contributed by atoms with Gasteiger partial charge in [0.25, 0.3) is 0 Å². The van der Waals surface area contributed by atoms with Gasteiger partial charge in [-0.1, -0.05) is 6.42 Å². The number of likely N-dealkylation sites (tertiary alicyclic amines) is 1. The maximum Gasteiger partial charge on any atom is 0.315 e. The van der Waals surface area contributed by atoms with E-state index >= 15 is 0 Å². The van der Waals surface area contributed by atoms with Gasteiger partial charge < -0.3 is 25.2 Å². The van der Waals surface area contributed by atoms with Gasteiger partial charge in [-0.3, -0.25) is 0 Å². The molecule has 6 nitrogen and oxygen atoms in total. The summed E-state index contributed by atoms with van der Waals surface area (Å²) in [6.45, 7) is 5.97. The van der Waals surface area contributed by atoms with Gasteiger partial charge in [0, 0.05) is 37.9 Å². The molecule has 0 saturated carbocycles. The van der Waals surface area contributed by atoms with Crippen molar-refractivity contribution in [3.05, 3.63) is 24.3 Å². The number of hydrogen-bond acceptors (Lipinski definition) is 4. The first kappa shape index (κ1) is 18.8. The van der Waals surface area contributed by atoms with Crippen LogP contribution < -0.4 is 20.3 Å². The van der Waals surface area contributed by atoms with Crippen molar-refractivity contribution in [1.82, 2.24) is 15.5 Å². The van der Waals surface area contributed by atoms with Gasteiger partial charge in [0.15, 0.2) is 0 Å². The minimum Gasteiger partial charge on any atom is -0.497 e. The second-order valence-electron chi connectivity index (χ2n) is 7.26. The third-order valence-corrected chi connectivity index (χ3v) is 5.43. The number of carbonyl (C=O) groups is 1. The van der Waals surface area contributed by atoms with Gasteiger partial charge in [0.1, 0.15) is 5.75 Å². The lowest BCUT2D eigenvalue weighted by Gasteiger charge is -2.34. The highest BCUT2D eigenvalue weighted by Crippen LogP contribution is 2.22. The molecule has 2 aliphatic rings. The molecule has 3 rings (SSSR count). The van der Waals surface area contributed by atoms with Gasteiger partial charge in [-0.05, 0) is 63.0 Å². The Bertz CT molecular complexity index is 549. The number of amides is 2. The molecule has 0 bridgehead atoms. The summed E-state index contributed by atoms with van der Waals surface area (Å²) in [5, 5.41) is 6.15. The van der Waals surface area contributed by atoms with E-state index in [9.17, 15) is 4.79 Å². The summed E-state index contributed by atoms with van der Waals surface area (Å²) in [5.41, 5.74) is 1.22. The van der Waals surface area contributed by atoms with Crippen LogP contribution in [0.1, 0.15) is 32.1 Å². The molecule has 2 amide bonds. The van der Waals surface area contributed by atoms with E-state index in [1.807, 2.05) is 12.1 Å². The molecule has 0 atom stereocenters. The number of methoxy groups -OCH3 is 1. The summed E-state index contributed by atoms with van der Waals surface area (Å²) in [7, 11) is 1.68. The Morgan fingerprint density at radius 2 is 1.77 bits per heavy atom. The van der Waals surface area contributed by atoms with E-state index in [-0.39, 0.29) is 12.1 Å². The maximum atomic E-state index is 12.1. The predicted octanol–water partition coefficient (Wildman–Crippen LogP) is 2.45. The fourth-order valence-corrected chi connectivity index (χ4v) is 3.82. The highest BCUT2D eigenvalue weighted by molar-refractivity contribution is 5.74. The van der Waals surface area contributed by atoms with E-state index in [1.54, 1.807) is 7.11 Å². The Morgan fingerprint density at radius 3 is 2.42 bits per heavy atom. The van der Waals surface area contributed by atoms with Crippen LogP contribution in [0.4, 0.5) is 10.5 Å². The fourth-order valence-electron chi connectivity index (χ4n) is 3.82. The van der Waals surface area contributed by atoms with Gasteiger partial charge in [-0.25, -0.2) is 4.79 Å². The van der Waals surface area contributed by atoms with Crippen molar-refractivity contribution >= 4 is 11.7 Å². The first-order chi connectivity index (χ1) is 12.7. The van der Waals surface area contributed by atoms with Gasteiger partial charge in [-0.2, -0.15) is 0 Å². The molecule has 26 heavy (non-hydrogen) atoms. The van der Waals surface area contributed by atoms with Crippen LogP contribution >= 0.6 is 0 Å². The number of anilines is 1. The largest absolute Gasteiger partial charge is 0.497 e. The first-order valence-electron chi connectivity index (χ1n) is 9.90. The topological polar surface area (TPSA) is 56.8 Å². The zero-order chi connectivity index (χ0) is 18.2. The first-order valence-corrected chi connectivity index (χ1v) is 9.90. The van der Waals surface area contributed by atoms with Crippen LogP contribution in [0.3, 0.4) is 0 Å². The number of ether oxygens (including phenoxy) is 1. The number of hydrogen-bond donors (Lipinski definition) is 2. The molecule has 6 heteroatoms. The summed E-state index contributed by atoms with van der Waals surface area (Å²) in [6, 6.07) is 8.43. The average molecular weight is 361 g/mol. The van der Waals surface area contributed by atoms with Gasteiger partial charge >= 0.3 is 6.03 Å². The molecule has 2 saturated heterocycles. The second kappa shape index (κ2) is 9.67. The molecular formula is C20H32N4O2. The van der Waals surface area contributed by atoms with Crippen LogP contribution in [0, 0.1) is 0 Å². The van der Waals surface area contributed by atoms with Crippen LogP contribution in [0.2, 0.25) is 0 Å². The van der Waals surface area contributed by atoms with Gasteiger partial charge in [-0.15, -0.1) is 0 Å². The number of rotatable bonds is 6. The van der Waals surface area contributed by atoms with E-state index < -0.39 is 0 Å². The van der Waals surface area contributed by atoms with Crippen molar-refractivity contribution in [2.45, 2.75) is 38.1 Å². The number of benzene rings is 1. The summed E-state index contributed by atoms with van der Waals surface area (Å²) in [6.07, 6.45) is 5.88. The minimum absolute atomic E-state index is 0.0232. The molecule has 1 aromatic rings. The number of carbonyl (C=O) groups excluding carboxylic acids is 1. The third kappa shape index (κ3) is 5.53. The van der Waals surface area contributed by atoms with Gasteiger partial charge in [0.2, 0.25) is 0 Å². The quantitative estimate of drug-likeness (QED) is 0.818. The zero-order valence-electron chi connectivity index (χ0n) is 15.9. The summed E-state index contributed by atoms with van der Waals surface area (Å²) in [4.78, 5) is 16.9. The summed E-state index contributed by atoms with van der Waals surface area (Å²) in [5.74, 6) is 0.881. The Labute approximate surface area is 156 Å². The molecule has 2 aliphatic heterocycles. The van der Waals surface area contributed by atoms with Crippen LogP contribution in [-0.4, -0.2) is 63.4 Å². The van der Waals surface area contributed by atoms with Crippen LogP contribution in [0.25, 0.3) is 0 Å². The highest BCUT2D eigenvalue weighted by atomic mass is 16.5. The predicted molar refractivity (Wildman–Crippen MR) is 105 cm³/mol. The number of nitrogens with zero attached hydrogens (tertiary/aromatic N) is 2. The van der Waals surface area contributed by atoms with E-state index in [0.717, 1.165) is 44.8 Å². The molecule has 1 aromatic carbocycles. The smallest absolute Gasteiger partial charge is 0.315 e. The Balaban J connectivity index is 1.33. The van der Waals surface area contributed by atoms with Crippen molar-refractivity contribution < 1.29 is 9.53 Å². The van der Waals surface area contributed by atoms with Crippen molar-refractivity contribution in [2.24, 2.45) is 0 Å². The van der Waals surface area contributed by atoms with Crippen molar-refractivity contribution in [1.29, 1.82) is 0 Å². The lowest BCUT2D eigenvalue weighted by Crippen LogP contribution is -2.49. The van der Waals surface area contributed by atoms with Crippen LogP contribution in [-0.2, 0) is 0 Å². The Kier molecular flexibility index (Phi) is 7.00. The number of urea groups is 1. The molecule has 0 aromatic heterocycles. The molecule has 2 fully saturated rings. The van der Waals surface area contributed by atoms with Crippen LogP contribution in [0.5, 0.6) is 5.75 Å². The molecule has 0 radical (unpaired) electrons. The lowest BCUT2D eigenvalue weighted by atomic mass is 10.0. The summed E-state index contributed by atoms with van der Waals surface area (Å²) >= 11 is 0. The number of nitrogens with one attached hydrogen (secondary N) is 2. The maximum absolute atomic E-state index is 12.1. The molecule has 0 spiro atoms. The molecule has 144 valence electrons. The summed E-state index contributed by atoms with van der Waals surface area (Å²) < 4.78 is 5.21. The zero-order valence-corrected chi connectivity index (χ0v) is 15.9.